The lowest BCUT2D eigenvalue weighted by atomic mass is 10.2. The maximum absolute atomic E-state index is 12.6. The molecule has 0 bridgehead atoms. The second kappa shape index (κ2) is 4.80. The van der Waals surface area contributed by atoms with Crippen LogP contribution in [0.5, 0.6) is 0 Å². The van der Waals surface area contributed by atoms with Crippen molar-refractivity contribution in [1.29, 1.82) is 0 Å². The molecule has 4 nitrogen and oxygen atoms in total. The van der Waals surface area contributed by atoms with Crippen LogP contribution in [0.3, 0.4) is 0 Å². The van der Waals surface area contributed by atoms with Crippen molar-refractivity contribution in [3.8, 4) is 0 Å². The summed E-state index contributed by atoms with van der Waals surface area (Å²) in [6.45, 7) is 0.344. The molecule has 0 aliphatic carbocycles. The normalized spacial score (nSPS) is 10.1. The summed E-state index contributed by atoms with van der Waals surface area (Å²) in [5, 5.41) is 7.87. The van der Waals surface area contributed by atoms with Gasteiger partial charge < -0.3 is 5.32 Å². The summed E-state index contributed by atoms with van der Waals surface area (Å²) >= 11 is 1.12. The average Bonchev–Trinajstić information content (AvgIpc) is 2.81. The lowest BCUT2D eigenvalue weighted by molar-refractivity contribution is 0.0946. The fourth-order valence-electron chi connectivity index (χ4n) is 1.14. The van der Waals surface area contributed by atoms with Gasteiger partial charge in [0.05, 0.1) is 0 Å². The van der Waals surface area contributed by atoms with E-state index >= 15 is 0 Å². The zero-order chi connectivity index (χ0) is 11.4. The fraction of sp³-hybridized carbons (Fsp3) is 0.100. The first kappa shape index (κ1) is 10.7. The van der Waals surface area contributed by atoms with Crippen molar-refractivity contribution in [1.82, 2.24) is 14.9 Å². The molecule has 1 heterocycles. The molecular weight excluding hydrogens is 229 g/mol. The van der Waals surface area contributed by atoms with Crippen LogP contribution in [-0.4, -0.2) is 15.5 Å². The van der Waals surface area contributed by atoms with E-state index in [9.17, 15) is 9.18 Å². The minimum Gasteiger partial charge on any atom is -0.347 e. The number of benzene rings is 1. The predicted molar refractivity (Wildman–Crippen MR) is 57.5 cm³/mol. The molecule has 1 aromatic carbocycles. The highest BCUT2D eigenvalue weighted by Gasteiger charge is 2.07. The minimum atomic E-state index is -0.293. The number of nitrogens with one attached hydrogen (secondary N) is 1. The number of amides is 1. The molecule has 0 fully saturated rings. The van der Waals surface area contributed by atoms with Crippen molar-refractivity contribution < 1.29 is 9.18 Å². The Morgan fingerprint density at radius 2 is 2.12 bits per heavy atom. The van der Waals surface area contributed by atoms with Crippen LogP contribution in [0.4, 0.5) is 4.39 Å². The number of rotatable bonds is 3. The Morgan fingerprint density at radius 3 is 2.75 bits per heavy atom. The molecule has 6 heteroatoms. The van der Waals surface area contributed by atoms with E-state index in [0.717, 1.165) is 17.1 Å². The summed E-state index contributed by atoms with van der Waals surface area (Å²) in [6.07, 6.45) is 0. The van der Waals surface area contributed by atoms with Gasteiger partial charge in [-0.05, 0) is 29.2 Å². The van der Waals surface area contributed by atoms with E-state index in [2.05, 4.69) is 14.9 Å². The van der Waals surface area contributed by atoms with Crippen molar-refractivity contribution in [3.63, 3.8) is 0 Å². The van der Waals surface area contributed by atoms with Gasteiger partial charge in [0, 0.05) is 11.9 Å². The van der Waals surface area contributed by atoms with E-state index in [1.54, 1.807) is 17.5 Å². The molecule has 1 N–H and O–H groups in total. The van der Waals surface area contributed by atoms with E-state index in [-0.39, 0.29) is 11.7 Å². The minimum absolute atomic E-state index is 0.280. The molecule has 0 aliphatic heterocycles. The van der Waals surface area contributed by atoms with Crippen molar-refractivity contribution >= 4 is 17.4 Å². The second-order valence-corrected chi connectivity index (χ2v) is 3.71. The SMILES string of the molecule is O=C(NCc1ccc(F)cc1)c1csnn1. The van der Waals surface area contributed by atoms with Crippen molar-refractivity contribution in [2.75, 3.05) is 0 Å². The molecule has 1 amide bonds. The molecule has 0 aliphatic rings. The topological polar surface area (TPSA) is 54.9 Å². The molecule has 0 atom stereocenters. The Hall–Kier alpha value is -1.82. The van der Waals surface area contributed by atoms with Crippen LogP contribution in [0.15, 0.2) is 29.6 Å². The molecular formula is C10H8FN3OS. The highest BCUT2D eigenvalue weighted by Crippen LogP contribution is 2.03. The number of carbonyl (C=O) groups excluding carboxylic acids is 1. The van der Waals surface area contributed by atoms with Crippen LogP contribution in [0, 0.1) is 5.82 Å². The third-order valence-electron chi connectivity index (χ3n) is 1.96. The van der Waals surface area contributed by atoms with E-state index in [4.69, 9.17) is 0 Å². The highest BCUT2D eigenvalue weighted by molar-refractivity contribution is 7.03. The second-order valence-electron chi connectivity index (χ2n) is 3.10. The summed E-state index contributed by atoms with van der Waals surface area (Å²) in [5.41, 5.74) is 1.13. The number of carbonyl (C=O) groups is 1. The summed E-state index contributed by atoms with van der Waals surface area (Å²) in [6, 6.07) is 5.95. The van der Waals surface area contributed by atoms with Gasteiger partial charge in [-0.3, -0.25) is 4.79 Å². The number of halogens is 1. The summed E-state index contributed by atoms with van der Waals surface area (Å²) in [5.74, 6) is -0.572. The van der Waals surface area contributed by atoms with E-state index in [0.29, 0.717) is 12.2 Å². The average molecular weight is 237 g/mol. The molecule has 16 heavy (non-hydrogen) atoms. The van der Waals surface area contributed by atoms with Gasteiger partial charge in [0.15, 0.2) is 5.69 Å². The van der Waals surface area contributed by atoms with Gasteiger partial charge in [-0.25, -0.2) is 4.39 Å². The molecule has 2 aromatic rings. The molecule has 0 radical (unpaired) electrons. The molecule has 0 unspecified atom stereocenters. The summed E-state index contributed by atoms with van der Waals surface area (Å²) in [7, 11) is 0. The van der Waals surface area contributed by atoms with Crippen molar-refractivity contribution in [2.24, 2.45) is 0 Å². The Morgan fingerprint density at radius 1 is 1.38 bits per heavy atom. The number of aromatic nitrogens is 2. The molecule has 1 aromatic heterocycles. The third kappa shape index (κ3) is 2.60. The van der Waals surface area contributed by atoms with Gasteiger partial charge in [-0.1, -0.05) is 16.6 Å². The Bertz CT molecular complexity index is 469. The number of hydrogen-bond acceptors (Lipinski definition) is 4. The van der Waals surface area contributed by atoms with E-state index in [1.807, 2.05) is 0 Å². The maximum Gasteiger partial charge on any atom is 0.273 e. The lowest BCUT2D eigenvalue weighted by Crippen LogP contribution is -2.23. The van der Waals surface area contributed by atoms with Gasteiger partial charge >= 0.3 is 0 Å². The largest absolute Gasteiger partial charge is 0.347 e. The molecule has 0 saturated heterocycles. The van der Waals surface area contributed by atoms with Gasteiger partial charge in [0.2, 0.25) is 0 Å². The van der Waals surface area contributed by atoms with Crippen LogP contribution in [-0.2, 0) is 6.54 Å². The molecule has 0 saturated carbocycles. The quantitative estimate of drug-likeness (QED) is 0.882. The molecule has 0 spiro atoms. The summed E-state index contributed by atoms with van der Waals surface area (Å²) in [4.78, 5) is 11.5. The predicted octanol–water partition coefficient (Wildman–Crippen LogP) is 1.61. The number of nitrogens with zero attached hydrogens (tertiary/aromatic N) is 2. The van der Waals surface area contributed by atoms with Crippen molar-refractivity contribution in [3.05, 3.63) is 46.7 Å². The van der Waals surface area contributed by atoms with Gasteiger partial charge in [-0.15, -0.1) is 5.10 Å². The monoisotopic (exact) mass is 237 g/mol. The zero-order valence-corrected chi connectivity index (χ0v) is 9.00. The van der Waals surface area contributed by atoms with Gasteiger partial charge in [0.1, 0.15) is 5.82 Å². The smallest absolute Gasteiger partial charge is 0.273 e. The van der Waals surface area contributed by atoms with Crippen LogP contribution in [0.1, 0.15) is 16.1 Å². The number of hydrogen-bond donors (Lipinski definition) is 1. The maximum atomic E-state index is 12.6. The Balaban J connectivity index is 1.93. The fourth-order valence-corrected chi connectivity index (χ4v) is 1.57. The van der Waals surface area contributed by atoms with Crippen LogP contribution >= 0.6 is 11.5 Å². The molecule has 82 valence electrons. The van der Waals surface area contributed by atoms with Crippen LogP contribution in [0.2, 0.25) is 0 Å². The third-order valence-corrected chi connectivity index (χ3v) is 2.46. The Kier molecular flexibility index (Phi) is 3.21. The first-order chi connectivity index (χ1) is 7.75. The van der Waals surface area contributed by atoms with Gasteiger partial charge in [0.25, 0.3) is 5.91 Å². The first-order valence-electron chi connectivity index (χ1n) is 4.55. The zero-order valence-electron chi connectivity index (χ0n) is 8.18. The van der Waals surface area contributed by atoms with Gasteiger partial charge in [-0.2, -0.15) is 0 Å². The first-order valence-corrected chi connectivity index (χ1v) is 5.39. The van der Waals surface area contributed by atoms with E-state index < -0.39 is 0 Å². The standard InChI is InChI=1S/C10H8FN3OS/c11-8-3-1-7(2-4-8)5-12-10(15)9-6-16-14-13-9/h1-4,6H,5H2,(H,12,15). The summed E-state index contributed by atoms with van der Waals surface area (Å²) < 4.78 is 16.2. The van der Waals surface area contributed by atoms with Crippen LogP contribution < -0.4 is 5.32 Å². The van der Waals surface area contributed by atoms with Crippen molar-refractivity contribution in [2.45, 2.75) is 6.54 Å². The molecule has 2 rings (SSSR count). The highest BCUT2D eigenvalue weighted by atomic mass is 32.1. The van der Waals surface area contributed by atoms with E-state index in [1.165, 1.54) is 12.1 Å². The van der Waals surface area contributed by atoms with Crippen LogP contribution in [0.25, 0.3) is 0 Å². The lowest BCUT2D eigenvalue weighted by Gasteiger charge is -2.02. The Labute approximate surface area is 95.3 Å².